The lowest BCUT2D eigenvalue weighted by atomic mass is 10.1. The van der Waals surface area contributed by atoms with Crippen LogP contribution in [0, 0.1) is 5.41 Å². The lowest BCUT2D eigenvalue weighted by Crippen LogP contribution is -2.45. The number of aliphatic imine (C=N–C) groups is 1. The largest absolute Gasteiger partial charge is 0.378 e. The van der Waals surface area contributed by atoms with Gasteiger partial charge in [-0.1, -0.05) is 12.8 Å². The van der Waals surface area contributed by atoms with Crippen LogP contribution in [-0.4, -0.2) is 43.2 Å². The highest BCUT2D eigenvalue weighted by Crippen LogP contribution is 2.59. The molecule has 1 heterocycles. The van der Waals surface area contributed by atoms with E-state index in [-0.39, 0.29) is 24.0 Å². The third kappa shape index (κ3) is 2.70. The molecule has 2 N–H and O–H groups in total. The van der Waals surface area contributed by atoms with Gasteiger partial charge < -0.3 is 15.4 Å². The molecule has 98 valence electrons. The monoisotopic (exact) mass is 351 g/mol. The molecule has 0 bridgehead atoms. The highest BCUT2D eigenvalue weighted by molar-refractivity contribution is 14.0. The molecule has 2 saturated carbocycles. The maximum absolute atomic E-state index is 6.06. The molecule has 17 heavy (non-hydrogen) atoms. The lowest BCUT2D eigenvalue weighted by Gasteiger charge is -2.27. The molecular formula is C12H22IN3O. The van der Waals surface area contributed by atoms with Crippen LogP contribution < -0.4 is 5.73 Å². The minimum atomic E-state index is 0. The van der Waals surface area contributed by atoms with Gasteiger partial charge in [-0.15, -0.1) is 24.0 Å². The molecule has 1 unspecified atom stereocenters. The van der Waals surface area contributed by atoms with E-state index < -0.39 is 0 Å². The summed E-state index contributed by atoms with van der Waals surface area (Å²) >= 11 is 0. The number of guanidine groups is 1. The van der Waals surface area contributed by atoms with Crippen LogP contribution in [-0.2, 0) is 4.74 Å². The number of hydrogen-bond acceptors (Lipinski definition) is 2. The Morgan fingerprint density at radius 2 is 1.88 bits per heavy atom. The van der Waals surface area contributed by atoms with Crippen molar-refractivity contribution < 1.29 is 4.74 Å². The molecule has 1 atom stereocenters. The molecule has 1 saturated heterocycles. The minimum absolute atomic E-state index is 0. The number of rotatable bonds is 1. The van der Waals surface area contributed by atoms with Crippen LogP contribution in [0.2, 0.25) is 0 Å². The van der Waals surface area contributed by atoms with Crippen molar-refractivity contribution in [3.63, 3.8) is 0 Å². The molecule has 0 amide bonds. The fraction of sp³-hybridized carbons (Fsp3) is 0.917. The normalized spacial score (nSPS) is 31.4. The summed E-state index contributed by atoms with van der Waals surface area (Å²) in [6.45, 7) is 3.36. The summed E-state index contributed by atoms with van der Waals surface area (Å²) in [4.78, 5) is 6.87. The van der Waals surface area contributed by atoms with E-state index >= 15 is 0 Å². The number of nitrogens with zero attached hydrogens (tertiary/aromatic N) is 2. The molecule has 1 aliphatic heterocycles. The van der Waals surface area contributed by atoms with E-state index in [2.05, 4.69) is 4.90 Å². The predicted octanol–water partition coefficient (Wildman–Crippen LogP) is 1.58. The fourth-order valence-corrected chi connectivity index (χ4v) is 3.16. The first-order valence-corrected chi connectivity index (χ1v) is 6.46. The number of hydrogen-bond donors (Lipinski definition) is 1. The van der Waals surface area contributed by atoms with E-state index in [1.165, 1.54) is 32.1 Å². The average molecular weight is 351 g/mol. The Morgan fingerprint density at radius 3 is 2.53 bits per heavy atom. The first-order chi connectivity index (χ1) is 7.80. The van der Waals surface area contributed by atoms with Crippen LogP contribution in [0.4, 0.5) is 0 Å². The SMILES string of the molecule is I.NC(=NC1CC12CCCC2)N1CCOCC1. The second kappa shape index (κ2) is 5.30. The minimum Gasteiger partial charge on any atom is -0.378 e. The highest BCUT2D eigenvalue weighted by atomic mass is 127. The Bertz CT molecular complexity index is 296. The number of ether oxygens (including phenoxy) is 1. The molecule has 3 rings (SSSR count). The van der Waals surface area contributed by atoms with Crippen molar-refractivity contribution in [2.75, 3.05) is 26.3 Å². The van der Waals surface area contributed by atoms with Crippen LogP contribution in [0.5, 0.6) is 0 Å². The second-order valence-electron chi connectivity index (χ2n) is 5.38. The molecule has 3 fully saturated rings. The molecule has 0 radical (unpaired) electrons. The number of morpholine rings is 1. The van der Waals surface area contributed by atoms with Gasteiger partial charge in [0.05, 0.1) is 19.3 Å². The van der Waals surface area contributed by atoms with Crippen molar-refractivity contribution in [3.05, 3.63) is 0 Å². The van der Waals surface area contributed by atoms with E-state index in [1.54, 1.807) is 0 Å². The summed E-state index contributed by atoms with van der Waals surface area (Å²) in [5.41, 5.74) is 6.63. The van der Waals surface area contributed by atoms with E-state index in [9.17, 15) is 0 Å². The molecule has 0 aromatic heterocycles. The summed E-state index contributed by atoms with van der Waals surface area (Å²) in [5.74, 6) is 0.747. The van der Waals surface area contributed by atoms with Gasteiger partial charge in [0.15, 0.2) is 5.96 Å². The standard InChI is InChI=1S/C12H21N3O.HI/c13-11(15-5-7-16-8-6-15)14-10-9-12(10)3-1-2-4-12;/h10H,1-9H2,(H2,13,14);1H. The zero-order valence-corrected chi connectivity index (χ0v) is 12.6. The Hall–Kier alpha value is -0.0400. The summed E-state index contributed by atoms with van der Waals surface area (Å²) in [7, 11) is 0. The summed E-state index contributed by atoms with van der Waals surface area (Å²) in [6.07, 6.45) is 6.81. The lowest BCUT2D eigenvalue weighted by molar-refractivity contribution is 0.0673. The van der Waals surface area contributed by atoms with Crippen molar-refractivity contribution in [2.45, 2.75) is 38.1 Å². The highest BCUT2D eigenvalue weighted by Gasteiger charge is 2.55. The smallest absolute Gasteiger partial charge is 0.191 e. The van der Waals surface area contributed by atoms with Gasteiger partial charge in [0.1, 0.15) is 0 Å². The van der Waals surface area contributed by atoms with Crippen LogP contribution in [0.3, 0.4) is 0 Å². The van der Waals surface area contributed by atoms with Crippen molar-refractivity contribution >= 4 is 29.9 Å². The van der Waals surface area contributed by atoms with Crippen LogP contribution in [0.1, 0.15) is 32.1 Å². The zero-order valence-electron chi connectivity index (χ0n) is 10.2. The molecule has 3 aliphatic rings. The molecule has 4 nitrogen and oxygen atoms in total. The summed E-state index contributed by atoms with van der Waals surface area (Å²) in [5, 5.41) is 0. The number of halogens is 1. The van der Waals surface area contributed by atoms with E-state index in [4.69, 9.17) is 15.5 Å². The van der Waals surface area contributed by atoms with E-state index in [0.717, 1.165) is 32.3 Å². The quantitative estimate of drug-likeness (QED) is 0.443. The third-order valence-electron chi connectivity index (χ3n) is 4.37. The summed E-state index contributed by atoms with van der Waals surface area (Å²) in [6, 6.07) is 0.526. The van der Waals surface area contributed by atoms with E-state index in [0.29, 0.717) is 11.5 Å². The summed E-state index contributed by atoms with van der Waals surface area (Å²) < 4.78 is 5.31. The van der Waals surface area contributed by atoms with Gasteiger partial charge >= 0.3 is 0 Å². The Kier molecular flexibility index (Phi) is 4.18. The first kappa shape index (κ1) is 13.4. The molecule has 0 aromatic rings. The maximum atomic E-state index is 6.06. The maximum Gasteiger partial charge on any atom is 0.191 e. The molecular weight excluding hydrogens is 329 g/mol. The third-order valence-corrected chi connectivity index (χ3v) is 4.37. The van der Waals surface area contributed by atoms with Gasteiger partial charge in [-0.05, 0) is 24.7 Å². The van der Waals surface area contributed by atoms with Gasteiger partial charge in [-0.2, -0.15) is 0 Å². The zero-order chi connectivity index (χ0) is 11.0. The Morgan fingerprint density at radius 1 is 1.24 bits per heavy atom. The topological polar surface area (TPSA) is 50.8 Å². The van der Waals surface area contributed by atoms with Crippen molar-refractivity contribution in [1.82, 2.24) is 4.90 Å². The van der Waals surface area contributed by atoms with Gasteiger partial charge in [0.2, 0.25) is 0 Å². The van der Waals surface area contributed by atoms with Crippen LogP contribution >= 0.6 is 24.0 Å². The fourth-order valence-electron chi connectivity index (χ4n) is 3.16. The molecule has 2 aliphatic carbocycles. The number of nitrogens with two attached hydrogens (primary N) is 1. The van der Waals surface area contributed by atoms with Gasteiger partial charge in [0, 0.05) is 13.1 Å². The van der Waals surface area contributed by atoms with Crippen molar-refractivity contribution in [3.8, 4) is 0 Å². The predicted molar refractivity (Wildman–Crippen MR) is 78.7 cm³/mol. The second-order valence-corrected chi connectivity index (χ2v) is 5.38. The molecule has 0 aromatic carbocycles. The molecule has 1 spiro atoms. The van der Waals surface area contributed by atoms with Crippen molar-refractivity contribution in [1.29, 1.82) is 0 Å². The van der Waals surface area contributed by atoms with Gasteiger partial charge in [-0.25, -0.2) is 4.99 Å². The van der Waals surface area contributed by atoms with E-state index in [1.807, 2.05) is 0 Å². The van der Waals surface area contributed by atoms with Gasteiger partial charge in [-0.3, -0.25) is 0 Å². The van der Waals surface area contributed by atoms with Crippen LogP contribution in [0.25, 0.3) is 0 Å². The van der Waals surface area contributed by atoms with Crippen molar-refractivity contribution in [2.24, 2.45) is 16.1 Å². The first-order valence-electron chi connectivity index (χ1n) is 6.46. The van der Waals surface area contributed by atoms with Gasteiger partial charge in [0.25, 0.3) is 0 Å². The Labute approximate surface area is 120 Å². The Balaban J connectivity index is 0.00000108. The van der Waals surface area contributed by atoms with Crippen LogP contribution in [0.15, 0.2) is 4.99 Å². The molecule has 5 heteroatoms. The average Bonchev–Trinajstić information content (AvgIpc) is 2.74.